The summed E-state index contributed by atoms with van der Waals surface area (Å²) < 4.78 is 24.1. The number of amides is 1. The van der Waals surface area contributed by atoms with Crippen LogP contribution in [0.15, 0.2) is 24.3 Å². The van der Waals surface area contributed by atoms with E-state index in [-0.39, 0.29) is 36.8 Å². The van der Waals surface area contributed by atoms with Crippen molar-refractivity contribution in [2.24, 2.45) is 0 Å². The minimum Gasteiger partial charge on any atom is -0.490 e. The summed E-state index contributed by atoms with van der Waals surface area (Å²) in [7, 11) is 0. The van der Waals surface area contributed by atoms with Gasteiger partial charge in [-0.05, 0) is 26.0 Å². The van der Waals surface area contributed by atoms with E-state index < -0.39 is 5.82 Å². The van der Waals surface area contributed by atoms with Gasteiger partial charge in [-0.1, -0.05) is 12.1 Å². The van der Waals surface area contributed by atoms with Crippen LogP contribution in [-0.4, -0.2) is 42.7 Å². The fourth-order valence-electron chi connectivity index (χ4n) is 2.20. The van der Waals surface area contributed by atoms with Crippen molar-refractivity contribution in [2.45, 2.75) is 32.4 Å². The molecule has 1 aromatic carbocycles. The Bertz CT molecular complexity index is 466. The van der Waals surface area contributed by atoms with Gasteiger partial charge in [-0.25, -0.2) is 4.39 Å². The Balaban J connectivity index is 1.82. The van der Waals surface area contributed by atoms with Gasteiger partial charge in [0, 0.05) is 6.54 Å². The van der Waals surface area contributed by atoms with Crippen LogP contribution in [0.3, 0.4) is 0 Å². The summed E-state index contributed by atoms with van der Waals surface area (Å²) in [4.78, 5) is 13.9. The normalized spacial score (nSPS) is 22.6. The highest BCUT2D eigenvalue weighted by Gasteiger charge is 2.27. The van der Waals surface area contributed by atoms with E-state index >= 15 is 0 Å². The molecule has 1 amide bonds. The first-order valence-corrected chi connectivity index (χ1v) is 6.86. The highest BCUT2D eigenvalue weighted by atomic mass is 19.1. The SMILES string of the molecule is C[C@@H]1CN(C(=O)CCOc2ccccc2F)[C@@H](C)CO1. The number of halogens is 1. The van der Waals surface area contributed by atoms with Crippen LogP contribution in [0.1, 0.15) is 20.3 Å². The Morgan fingerprint density at radius 2 is 2.20 bits per heavy atom. The third-order valence-corrected chi connectivity index (χ3v) is 3.34. The van der Waals surface area contributed by atoms with Crippen LogP contribution in [0.25, 0.3) is 0 Å². The number of nitrogens with zero attached hydrogens (tertiary/aromatic N) is 1. The molecule has 1 saturated heterocycles. The van der Waals surface area contributed by atoms with E-state index in [1.807, 2.05) is 13.8 Å². The van der Waals surface area contributed by atoms with Gasteiger partial charge in [-0.15, -0.1) is 0 Å². The van der Waals surface area contributed by atoms with Crippen molar-refractivity contribution >= 4 is 5.91 Å². The molecule has 0 bridgehead atoms. The molecule has 0 unspecified atom stereocenters. The number of ether oxygens (including phenoxy) is 2. The lowest BCUT2D eigenvalue weighted by Gasteiger charge is -2.36. The second kappa shape index (κ2) is 6.70. The van der Waals surface area contributed by atoms with Gasteiger partial charge < -0.3 is 14.4 Å². The van der Waals surface area contributed by atoms with Crippen LogP contribution in [0.2, 0.25) is 0 Å². The summed E-state index contributed by atoms with van der Waals surface area (Å²) >= 11 is 0. The molecular weight excluding hydrogens is 261 g/mol. The molecule has 110 valence electrons. The summed E-state index contributed by atoms with van der Waals surface area (Å²) in [6, 6.07) is 6.27. The van der Waals surface area contributed by atoms with E-state index in [9.17, 15) is 9.18 Å². The first-order valence-electron chi connectivity index (χ1n) is 6.86. The average molecular weight is 281 g/mol. The van der Waals surface area contributed by atoms with Gasteiger partial charge >= 0.3 is 0 Å². The van der Waals surface area contributed by atoms with Crippen LogP contribution < -0.4 is 4.74 Å². The molecule has 1 aliphatic heterocycles. The molecule has 4 nitrogen and oxygen atoms in total. The molecule has 0 spiro atoms. The van der Waals surface area contributed by atoms with Crippen LogP contribution >= 0.6 is 0 Å². The molecule has 1 fully saturated rings. The fourth-order valence-corrected chi connectivity index (χ4v) is 2.20. The maximum absolute atomic E-state index is 13.3. The van der Waals surface area contributed by atoms with Crippen LogP contribution in [-0.2, 0) is 9.53 Å². The highest BCUT2D eigenvalue weighted by molar-refractivity contribution is 5.76. The standard InChI is InChI=1S/C15H20FNO3/c1-11-10-20-12(2)9-17(11)15(18)7-8-19-14-6-4-3-5-13(14)16/h3-6,11-12H,7-10H2,1-2H3/t11-,12+/m0/s1. The molecule has 0 N–H and O–H groups in total. The maximum atomic E-state index is 13.3. The van der Waals surface area contributed by atoms with Crippen molar-refractivity contribution in [3.05, 3.63) is 30.1 Å². The Morgan fingerprint density at radius 1 is 1.45 bits per heavy atom. The Hall–Kier alpha value is -1.62. The van der Waals surface area contributed by atoms with Crippen molar-refractivity contribution in [1.82, 2.24) is 4.90 Å². The number of para-hydroxylation sites is 1. The summed E-state index contributed by atoms with van der Waals surface area (Å²) in [5.74, 6) is -0.207. The minimum absolute atomic E-state index is 0.0176. The van der Waals surface area contributed by atoms with Crippen molar-refractivity contribution in [2.75, 3.05) is 19.8 Å². The van der Waals surface area contributed by atoms with Crippen molar-refractivity contribution < 1.29 is 18.7 Å². The number of carbonyl (C=O) groups excluding carboxylic acids is 1. The van der Waals surface area contributed by atoms with E-state index in [1.54, 1.807) is 23.1 Å². The topological polar surface area (TPSA) is 38.8 Å². The Labute approximate surface area is 118 Å². The molecule has 0 radical (unpaired) electrons. The van der Waals surface area contributed by atoms with Crippen molar-refractivity contribution in [3.8, 4) is 5.75 Å². The van der Waals surface area contributed by atoms with Gasteiger partial charge in [0.05, 0.1) is 31.8 Å². The molecule has 0 saturated carbocycles. The lowest BCUT2D eigenvalue weighted by molar-refractivity contribution is -0.143. The van der Waals surface area contributed by atoms with E-state index in [1.165, 1.54) is 6.07 Å². The first kappa shape index (κ1) is 14.8. The predicted octanol–water partition coefficient (Wildman–Crippen LogP) is 2.23. The molecular formula is C15H20FNO3. The maximum Gasteiger partial charge on any atom is 0.226 e. The summed E-state index contributed by atoms with van der Waals surface area (Å²) in [5, 5.41) is 0. The van der Waals surface area contributed by atoms with E-state index in [4.69, 9.17) is 9.47 Å². The second-order valence-electron chi connectivity index (χ2n) is 5.07. The zero-order chi connectivity index (χ0) is 14.5. The van der Waals surface area contributed by atoms with Gasteiger partial charge in [-0.2, -0.15) is 0 Å². The first-order chi connectivity index (χ1) is 9.58. The van der Waals surface area contributed by atoms with E-state index in [2.05, 4.69) is 0 Å². The molecule has 5 heteroatoms. The minimum atomic E-state index is -0.409. The number of hydrogen-bond donors (Lipinski definition) is 0. The molecule has 20 heavy (non-hydrogen) atoms. The number of carbonyl (C=O) groups is 1. The third kappa shape index (κ3) is 3.70. The van der Waals surface area contributed by atoms with E-state index in [0.717, 1.165) is 0 Å². The van der Waals surface area contributed by atoms with Crippen LogP contribution in [0, 0.1) is 5.82 Å². The fraction of sp³-hybridized carbons (Fsp3) is 0.533. The van der Waals surface area contributed by atoms with Gasteiger partial charge in [0.15, 0.2) is 11.6 Å². The average Bonchev–Trinajstić information content (AvgIpc) is 2.43. The predicted molar refractivity (Wildman–Crippen MR) is 73.1 cm³/mol. The molecule has 1 aromatic rings. The van der Waals surface area contributed by atoms with Gasteiger partial charge in [0.2, 0.25) is 5.91 Å². The van der Waals surface area contributed by atoms with E-state index in [0.29, 0.717) is 13.2 Å². The highest BCUT2D eigenvalue weighted by Crippen LogP contribution is 2.16. The number of rotatable bonds is 4. The molecule has 0 aliphatic carbocycles. The number of morpholine rings is 1. The zero-order valence-electron chi connectivity index (χ0n) is 11.8. The molecule has 1 aliphatic rings. The lowest BCUT2D eigenvalue weighted by Crippen LogP contribution is -2.50. The quantitative estimate of drug-likeness (QED) is 0.849. The molecule has 2 rings (SSSR count). The number of benzene rings is 1. The van der Waals surface area contributed by atoms with Gasteiger partial charge in [0.1, 0.15) is 0 Å². The number of hydrogen-bond acceptors (Lipinski definition) is 3. The third-order valence-electron chi connectivity index (χ3n) is 3.34. The molecule has 2 atom stereocenters. The van der Waals surface area contributed by atoms with Crippen molar-refractivity contribution in [1.29, 1.82) is 0 Å². The smallest absolute Gasteiger partial charge is 0.226 e. The van der Waals surface area contributed by atoms with Crippen LogP contribution in [0.4, 0.5) is 4.39 Å². The zero-order valence-corrected chi connectivity index (χ0v) is 11.8. The monoisotopic (exact) mass is 281 g/mol. The summed E-state index contributed by atoms with van der Waals surface area (Å²) in [6.45, 7) is 5.24. The molecule has 0 aromatic heterocycles. The largest absolute Gasteiger partial charge is 0.490 e. The lowest BCUT2D eigenvalue weighted by atomic mass is 10.2. The summed E-state index contributed by atoms with van der Waals surface area (Å²) in [5.41, 5.74) is 0. The second-order valence-corrected chi connectivity index (χ2v) is 5.07. The van der Waals surface area contributed by atoms with Gasteiger partial charge in [0.25, 0.3) is 0 Å². The molecule has 1 heterocycles. The van der Waals surface area contributed by atoms with Crippen molar-refractivity contribution in [3.63, 3.8) is 0 Å². The summed E-state index contributed by atoms with van der Waals surface area (Å²) in [6.07, 6.45) is 0.299. The van der Waals surface area contributed by atoms with Crippen LogP contribution in [0.5, 0.6) is 5.75 Å². The van der Waals surface area contributed by atoms with Gasteiger partial charge in [-0.3, -0.25) is 4.79 Å². The Morgan fingerprint density at radius 3 is 2.95 bits per heavy atom. The Kier molecular flexibility index (Phi) is 4.95.